The first-order valence-electron chi connectivity index (χ1n) is 7.48. The number of sulfonamides is 1. The molecule has 0 atom stereocenters. The van der Waals surface area contributed by atoms with Gasteiger partial charge in [0.1, 0.15) is 18.1 Å². The first kappa shape index (κ1) is 15.5. The molecule has 2 N–H and O–H groups in total. The number of benzene rings is 1. The number of hydrogen-bond donors (Lipinski definition) is 2. The Hall–Kier alpha value is -1.35. The van der Waals surface area contributed by atoms with Gasteiger partial charge in [-0.3, -0.25) is 4.90 Å². The maximum absolute atomic E-state index is 12.5. The van der Waals surface area contributed by atoms with E-state index in [1.54, 1.807) is 18.2 Å². The molecule has 1 aromatic carbocycles. The maximum atomic E-state index is 12.5. The van der Waals surface area contributed by atoms with Crippen LogP contribution in [0.5, 0.6) is 11.5 Å². The van der Waals surface area contributed by atoms with Crippen molar-refractivity contribution in [1.29, 1.82) is 0 Å². The molecular formula is C14H21N3O4S. The summed E-state index contributed by atoms with van der Waals surface area (Å²) in [5, 5.41) is 3.27. The molecule has 7 nitrogen and oxygen atoms in total. The molecule has 0 bridgehead atoms. The van der Waals surface area contributed by atoms with Crippen LogP contribution in [0.15, 0.2) is 23.1 Å². The highest BCUT2D eigenvalue weighted by molar-refractivity contribution is 7.89. The standard InChI is InChI=1S/C14H21N3O4S/c18-22(19,16-6-9-17-7-4-15-5-8-17)13-3-1-2-12-14(13)21-11-10-20-12/h1-3,15-16H,4-11H2. The third kappa shape index (κ3) is 3.52. The Morgan fingerprint density at radius 3 is 2.77 bits per heavy atom. The van der Waals surface area contributed by atoms with E-state index < -0.39 is 10.0 Å². The summed E-state index contributed by atoms with van der Waals surface area (Å²) in [4.78, 5) is 2.38. The van der Waals surface area contributed by atoms with Gasteiger partial charge in [0.25, 0.3) is 0 Å². The van der Waals surface area contributed by atoms with Crippen LogP contribution in [0.25, 0.3) is 0 Å². The normalized spacial score (nSPS) is 19.1. The zero-order valence-electron chi connectivity index (χ0n) is 12.4. The minimum absolute atomic E-state index is 0.144. The molecule has 2 heterocycles. The van der Waals surface area contributed by atoms with Gasteiger partial charge in [0.05, 0.1) is 0 Å². The van der Waals surface area contributed by atoms with E-state index >= 15 is 0 Å². The fraction of sp³-hybridized carbons (Fsp3) is 0.571. The van der Waals surface area contributed by atoms with Crippen LogP contribution in [-0.2, 0) is 10.0 Å². The van der Waals surface area contributed by atoms with Crippen molar-refractivity contribution in [3.8, 4) is 11.5 Å². The van der Waals surface area contributed by atoms with Crippen LogP contribution in [0.4, 0.5) is 0 Å². The molecule has 0 aliphatic carbocycles. The van der Waals surface area contributed by atoms with Gasteiger partial charge < -0.3 is 14.8 Å². The number of rotatable bonds is 5. The van der Waals surface area contributed by atoms with Crippen LogP contribution >= 0.6 is 0 Å². The summed E-state index contributed by atoms with van der Waals surface area (Å²) in [5.41, 5.74) is 0. The summed E-state index contributed by atoms with van der Waals surface area (Å²) < 4.78 is 38.5. The van der Waals surface area contributed by atoms with E-state index in [1.165, 1.54) is 0 Å². The van der Waals surface area contributed by atoms with Crippen LogP contribution in [0.3, 0.4) is 0 Å². The molecule has 0 unspecified atom stereocenters. The molecule has 122 valence electrons. The minimum atomic E-state index is -3.60. The van der Waals surface area contributed by atoms with Gasteiger partial charge in [-0.2, -0.15) is 0 Å². The van der Waals surface area contributed by atoms with Gasteiger partial charge in [-0.05, 0) is 12.1 Å². The quantitative estimate of drug-likeness (QED) is 0.769. The molecule has 1 fully saturated rings. The average molecular weight is 327 g/mol. The number of ether oxygens (including phenoxy) is 2. The van der Waals surface area contributed by atoms with Crippen LogP contribution in [-0.4, -0.2) is 65.8 Å². The van der Waals surface area contributed by atoms with E-state index in [1.807, 2.05) is 0 Å². The van der Waals surface area contributed by atoms with Crippen LogP contribution in [0, 0.1) is 0 Å². The lowest BCUT2D eigenvalue weighted by Gasteiger charge is -2.27. The lowest BCUT2D eigenvalue weighted by atomic mass is 10.3. The van der Waals surface area contributed by atoms with Gasteiger partial charge in [0.2, 0.25) is 10.0 Å². The number of para-hydroxylation sites is 1. The molecular weight excluding hydrogens is 306 g/mol. The van der Waals surface area contributed by atoms with Crippen LogP contribution in [0.2, 0.25) is 0 Å². The molecule has 3 rings (SSSR count). The van der Waals surface area contributed by atoms with Crippen molar-refractivity contribution in [1.82, 2.24) is 14.9 Å². The summed E-state index contributed by atoms with van der Waals surface area (Å²) in [7, 11) is -3.60. The Morgan fingerprint density at radius 1 is 1.18 bits per heavy atom. The Bertz CT molecular complexity index is 615. The van der Waals surface area contributed by atoms with E-state index in [2.05, 4.69) is 14.9 Å². The van der Waals surface area contributed by atoms with E-state index in [4.69, 9.17) is 9.47 Å². The number of hydrogen-bond acceptors (Lipinski definition) is 6. The maximum Gasteiger partial charge on any atom is 0.244 e. The molecule has 1 saturated heterocycles. The molecule has 8 heteroatoms. The summed E-state index contributed by atoms with van der Waals surface area (Å²) in [6, 6.07) is 4.92. The largest absolute Gasteiger partial charge is 0.486 e. The van der Waals surface area contributed by atoms with Crippen molar-refractivity contribution in [2.45, 2.75) is 4.90 Å². The van der Waals surface area contributed by atoms with Crippen molar-refractivity contribution >= 4 is 10.0 Å². The fourth-order valence-electron chi connectivity index (χ4n) is 2.61. The number of nitrogens with one attached hydrogen (secondary N) is 2. The van der Waals surface area contributed by atoms with Gasteiger partial charge in [-0.25, -0.2) is 13.1 Å². The van der Waals surface area contributed by atoms with Gasteiger partial charge in [0.15, 0.2) is 11.5 Å². The highest BCUT2D eigenvalue weighted by Crippen LogP contribution is 2.36. The zero-order chi connectivity index (χ0) is 15.4. The minimum Gasteiger partial charge on any atom is -0.486 e. The molecule has 2 aliphatic heterocycles. The average Bonchev–Trinajstić information content (AvgIpc) is 2.55. The van der Waals surface area contributed by atoms with Crippen molar-refractivity contribution < 1.29 is 17.9 Å². The summed E-state index contributed by atoms with van der Waals surface area (Å²) in [6.45, 7) is 5.67. The number of piperazine rings is 1. The van der Waals surface area contributed by atoms with E-state index in [0.29, 0.717) is 37.8 Å². The first-order valence-corrected chi connectivity index (χ1v) is 8.96. The number of nitrogens with zero attached hydrogens (tertiary/aromatic N) is 1. The predicted molar refractivity (Wildman–Crippen MR) is 81.9 cm³/mol. The highest BCUT2D eigenvalue weighted by atomic mass is 32.2. The molecule has 1 aromatic rings. The second kappa shape index (κ2) is 6.82. The highest BCUT2D eigenvalue weighted by Gasteiger charge is 2.25. The Kier molecular flexibility index (Phi) is 4.82. The third-order valence-corrected chi connectivity index (χ3v) is 5.23. The topological polar surface area (TPSA) is 79.9 Å². The Balaban J connectivity index is 1.65. The fourth-order valence-corrected chi connectivity index (χ4v) is 3.79. The van der Waals surface area contributed by atoms with E-state index in [-0.39, 0.29) is 4.90 Å². The molecule has 0 amide bonds. The Morgan fingerprint density at radius 2 is 1.95 bits per heavy atom. The Labute approximate surface area is 130 Å². The lowest BCUT2D eigenvalue weighted by molar-refractivity contribution is 0.167. The molecule has 0 spiro atoms. The monoisotopic (exact) mass is 327 g/mol. The van der Waals surface area contributed by atoms with Crippen molar-refractivity contribution in [2.24, 2.45) is 0 Å². The van der Waals surface area contributed by atoms with Gasteiger partial charge in [-0.1, -0.05) is 6.07 Å². The van der Waals surface area contributed by atoms with Gasteiger partial charge >= 0.3 is 0 Å². The third-order valence-electron chi connectivity index (χ3n) is 3.75. The smallest absolute Gasteiger partial charge is 0.244 e. The van der Waals surface area contributed by atoms with E-state index in [0.717, 1.165) is 26.2 Å². The predicted octanol–water partition coefficient (Wildman–Crippen LogP) is -0.359. The summed E-state index contributed by atoms with van der Waals surface area (Å²) >= 11 is 0. The van der Waals surface area contributed by atoms with Gasteiger partial charge in [0, 0.05) is 39.3 Å². The molecule has 0 saturated carbocycles. The second-order valence-electron chi connectivity index (χ2n) is 5.27. The first-order chi connectivity index (χ1) is 10.7. The van der Waals surface area contributed by atoms with Gasteiger partial charge in [-0.15, -0.1) is 0 Å². The molecule has 2 aliphatic rings. The van der Waals surface area contributed by atoms with Crippen molar-refractivity contribution in [2.75, 3.05) is 52.5 Å². The van der Waals surface area contributed by atoms with Crippen LogP contribution in [0.1, 0.15) is 0 Å². The van der Waals surface area contributed by atoms with Crippen LogP contribution < -0.4 is 19.5 Å². The van der Waals surface area contributed by atoms with Crippen molar-refractivity contribution in [3.63, 3.8) is 0 Å². The van der Waals surface area contributed by atoms with E-state index in [9.17, 15) is 8.42 Å². The lowest BCUT2D eigenvalue weighted by Crippen LogP contribution is -2.46. The summed E-state index contributed by atoms with van der Waals surface area (Å²) in [5.74, 6) is 0.791. The summed E-state index contributed by atoms with van der Waals surface area (Å²) in [6.07, 6.45) is 0. The second-order valence-corrected chi connectivity index (χ2v) is 7.01. The zero-order valence-corrected chi connectivity index (χ0v) is 13.2. The number of fused-ring (bicyclic) bond motifs is 1. The molecule has 0 aromatic heterocycles. The SMILES string of the molecule is O=S(=O)(NCCN1CCNCC1)c1cccc2c1OCCO2. The molecule has 0 radical (unpaired) electrons. The molecule has 22 heavy (non-hydrogen) atoms. The van der Waals surface area contributed by atoms with Crippen molar-refractivity contribution in [3.05, 3.63) is 18.2 Å².